The summed E-state index contributed by atoms with van der Waals surface area (Å²) in [6.07, 6.45) is 1.65. The third-order valence-electron chi connectivity index (χ3n) is 2.29. The van der Waals surface area contributed by atoms with Crippen LogP contribution in [0, 0.1) is 11.6 Å². The van der Waals surface area contributed by atoms with Crippen molar-refractivity contribution < 1.29 is 18.4 Å². The van der Waals surface area contributed by atoms with Gasteiger partial charge in [0.1, 0.15) is 11.6 Å². The average Bonchev–Trinajstić information content (AvgIpc) is 3.04. The zero-order valence-corrected chi connectivity index (χ0v) is 8.30. The molecule has 1 aliphatic carbocycles. The molecule has 0 atom stereocenters. The largest absolute Gasteiger partial charge is 0.346 e. The Morgan fingerprint density at radius 2 is 1.94 bits per heavy atom. The quantitative estimate of drug-likeness (QED) is 0.624. The Balaban J connectivity index is 2.18. The lowest BCUT2D eigenvalue weighted by Gasteiger charge is -2.03. The van der Waals surface area contributed by atoms with Gasteiger partial charge in [-0.05, 0) is 31.0 Å². The highest BCUT2D eigenvalue weighted by atomic mass is 19.1. The first-order chi connectivity index (χ1) is 7.58. The van der Waals surface area contributed by atoms with Gasteiger partial charge >= 0.3 is 0 Å². The Labute approximate surface area is 90.5 Å². The molecule has 0 spiro atoms. The maximum Gasteiger partial charge on any atom is 0.292 e. The zero-order chi connectivity index (χ0) is 11.7. The highest BCUT2D eigenvalue weighted by molar-refractivity contribution is 6.42. The van der Waals surface area contributed by atoms with Crippen LogP contribution in [-0.2, 0) is 4.79 Å². The third-order valence-corrected chi connectivity index (χ3v) is 2.29. The summed E-state index contributed by atoms with van der Waals surface area (Å²) < 4.78 is 26.0. The van der Waals surface area contributed by atoms with Crippen molar-refractivity contribution in [1.82, 2.24) is 5.32 Å². The highest BCUT2D eigenvalue weighted by Gasteiger charge is 2.28. The molecule has 2 rings (SSSR count). The van der Waals surface area contributed by atoms with Crippen molar-refractivity contribution in [2.45, 2.75) is 18.9 Å². The fourth-order valence-electron chi connectivity index (χ4n) is 1.27. The Morgan fingerprint density at radius 1 is 1.25 bits per heavy atom. The number of carbonyl (C=O) groups excluding carboxylic acids is 2. The summed E-state index contributed by atoms with van der Waals surface area (Å²) in [6, 6.07) is 2.45. The molecule has 16 heavy (non-hydrogen) atoms. The Morgan fingerprint density at radius 3 is 2.56 bits per heavy atom. The number of hydrogen-bond donors (Lipinski definition) is 1. The van der Waals surface area contributed by atoms with E-state index in [0.29, 0.717) is 0 Å². The number of carbonyl (C=O) groups is 2. The first kappa shape index (κ1) is 10.7. The monoisotopic (exact) mass is 225 g/mol. The average molecular weight is 225 g/mol. The van der Waals surface area contributed by atoms with Crippen molar-refractivity contribution in [3.63, 3.8) is 0 Å². The predicted octanol–water partition coefficient (Wildman–Crippen LogP) is 1.43. The molecule has 1 aromatic carbocycles. The van der Waals surface area contributed by atoms with Gasteiger partial charge in [0.2, 0.25) is 0 Å². The second-order valence-corrected chi connectivity index (χ2v) is 3.70. The molecule has 0 saturated heterocycles. The predicted molar refractivity (Wildman–Crippen MR) is 51.9 cm³/mol. The normalized spacial score (nSPS) is 14.6. The first-order valence-electron chi connectivity index (χ1n) is 4.88. The van der Waals surface area contributed by atoms with Crippen LogP contribution in [0.1, 0.15) is 23.2 Å². The fourth-order valence-corrected chi connectivity index (χ4v) is 1.27. The summed E-state index contributed by atoms with van der Waals surface area (Å²) in [7, 11) is 0. The SMILES string of the molecule is O=C(NC1CC1)C(=O)c1cc(F)ccc1F. The molecule has 0 aliphatic heterocycles. The summed E-state index contributed by atoms with van der Waals surface area (Å²) in [5.74, 6) is -3.56. The first-order valence-corrected chi connectivity index (χ1v) is 4.88. The van der Waals surface area contributed by atoms with Gasteiger partial charge < -0.3 is 5.32 Å². The second kappa shape index (κ2) is 4.00. The maximum absolute atomic E-state index is 13.2. The number of halogens is 2. The Kier molecular flexibility index (Phi) is 2.68. The lowest BCUT2D eigenvalue weighted by molar-refractivity contribution is -0.117. The van der Waals surface area contributed by atoms with Crippen LogP contribution in [0.25, 0.3) is 0 Å². The molecule has 0 aromatic heterocycles. The number of hydrogen-bond acceptors (Lipinski definition) is 2. The molecule has 84 valence electrons. The molecule has 1 aliphatic rings. The molecule has 1 amide bonds. The minimum atomic E-state index is -1.04. The number of rotatable bonds is 3. The van der Waals surface area contributed by atoms with Crippen molar-refractivity contribution in [1.29, 1.82) is 0 Å². The van der Waals surface area contributed by atoms with Crippen LogP contribution in [0.15, 0.2) is 18.2 Å². The van der Waals surface area contributed by atoms with Crippen LogP contribution in [-0.4, -0.2) is 17.7 Å². The molecular weight excluding hydrogens is 216 g/mol. The van der Waals surface area contributed by atoms with E-state index in [4.69, 9.17) is 0 Å². The molecule has 0 unspecified atom stereocenters. The Hall–Kier alpha value is -1.78. The maximum atomic E-state index is 13.2. The van der Waals surface area contributed by atoms with Crippen molar-refractivity contribution in [2.24, 2.45) is 0 Å². The number of benzene rings is 1. The van der Waals surface area contributed by atoms with Gasteiger partial charge in [0.05, 0.1) is 5.56 Å². The minimum Gasteiger partial charge on any atom is -0.346 e. The van der Waals surface area contributed by atoms with Crippen LogP contribution in [0.4, 0.5) is 8.78 Å². The van der Waals surface area contributed by atoms with E-state index in [2.05, 4.69) is 5.32 Å². The molecule has 0 heterocycles. The van der Waals surface area contributed by atoms with E-state index >= 15 is 0 Å². The third kappa shape index (κ3) is 2.24. The van der Waals surface area contributed by atoms with Gasteiger partial charge in [-0.3, -0.25) is 9.59 Å². The van der Waals surface area contributed by atoms with Crippen molar-refractivity contribution in [2.75, 3.05) is 0 Å². The van der Waals surface area contributed by atoms with Gasteiger partial charge in [-0.25, -0.2) is 8.78 Å². The zero-order valence-electron chi connectivity index (χ0n) is 8.30. The molecule has 5 heteroatoms. The molecule has 3 nitrogen and oxygen atoms in total. The van der Waals surface area contributed by atoms with Gasteiger partial charge in [0.15, 0.2) is 0 Å². The summed E-state index contributed by atoms with van der Waals surface area (Å²) in [5, 5.41) is 2.42. The molecular formula is C11H9F2NO2. The summed E-state index contributed by atoms with van der Waals surface area (Å²) in [6.45, 7) is 0. The number of nitrogens with one attached hydrogen (secondary N) is 1. The van der Waals surface area contributed by atoms with Crippen LogP contribution in [0.5, 0.6) is 0 Å². The molecule has 1 saturated carbocycles. The summed E-state index contributed by atoms with van der Waals surface area (Å²) >= 11 is 0. The van der Waals surface area contributed by atoms with Crippen LogP contribution in [0.3, 0.4) is 0 Å². The highest BCUT2D eigenvalue weighted by Crippen LogP contribution is 2.19. The van der Waals surface area contributed by atoms with E-state index in [1.807, 2.05) is 0 Å². The number of amides is 1. The minimum absolute atomic E-state index is 0.00747. The second-order valence-electron chi connectivity index (χ2n) is 3.70. The van der Waals surface area contributed by atoms with E-state index in [-0.39, 0.29) is 6.04 Å². The van der Waals surface area contributed by atoms with Gasteiger partial charge in [0.25, 0.3) is 11.7 Å². The van der Waals surface area contributed by atoms with E-state index in [1.54, 1.807) is 0 Å². The van der Waals surface area contributed by atoms with Crippen LogP contribution >= 0.6 is 0 Å². The Bertz CT molecular complexity index is 455. The van der Waals surface area contributed by atoms with E-state index < -0.39 is 28.9 Å². The van der Waals surface area contributed by atoms with Crippen molar-refractivity contribution >= 4 is 11.7 Å². The fraction of sp³-hybridized carbons (Fsp3) is 0.273. The van der Waals surface area contributed by atoms with Crippen LogP contribution in [0.2, 0.25) is 0 Å². The summed E-state index contributed by atoms with van der Waals surface area (Å²) in [5.41, 5.74) is -0.529. The van der Waals surface area contributed by atoms with Gasteiger partial charge in [0, 0.05) is 6.04 Å². The van der Waals surface area contributed by atoms with Crippen LogP contribution < -0.4 is 5.32 Å². The smallest absolute Gasteiger partial charge is 0.292 e. The lowest BCUT2D eigenvalue weighted by Crippen LogP contribution is -2.33. The number of Topliss-reactive ketones (excluding diaryl/α,β-unsaturated/α-hetero) is 1. The number of ketones is 1. The van der Waals surface area contributed by atoms with E-state index in [1.165, 1.54) is 0 Å². The molecule has 1 aromatic rings. The van der Waals surface area contributed by atoms with Gasteiger partial charge in [-0.15, -0.1) is 0 Å². The van der Waals surface area contributed by atoms with Gasteiger partial charge in [-0.1, -0.05) is 0 Å². The molecule has 0 bridgehead atoms. The van der Waals surface area contributed by atoms with E-state index in [9.17, 15) is 18.4 Å². The molecule has 0 radical (unpaired) electrons. The van der Waals surface area contributed by atoms with E-state index in [0.717, 1.165) is 31.0 Å². The standard InChI is InChI=1S/C11H9F2NO2/c12-6-1-4-9(13)8(5-6)10(15)11(16)14-7-2-3-7/h1,4-5,7H,2-3H2,(H,14,16). The summed E-state index contributed by atoms with van der Waals surface area (Å²) in [4.78, 5) is 22.8. The van der Waals surface area contributed by atoms with Gasteiger partial charge in [-0.2, -0.15) is 0 Å². The van der Waals surface area contributed by atoms with Crippen molar-refractivity contribution in [3.05, 3.63) is 35.4 Å². The topological polar surface area (TPSA) is 46.2 Å². The molecule has 1 fully saturated rings. The molecule has 1 N–H and O–H groups in total. The van der Waals surface area contributed by atoms with Crippen molar-refractivity contribution in [3.8, 4) is 0 Å². The lowest BCUT2D eigenvalue weighted by atomic mass is 10.1.